The molecule has 0 unspecified atom stereocenters. The number of rotatable bonds is 9. The lowest BCUT2D eigenvalue weighted by molar-refractivity contribution is 0.102. The molecule has 1 heterocycles. The molecule has 0 spiro atoms. The molecule has 0 saturated carbocycles. The van der Waals surface area contributed by atoms with Gasteiger partial charge in [-0.1, -0.05) is 41.4 Å². The Morgan fingerprint density at radius 1 is 1.00 bits per heavy atom. The number of hydrogen-bond acceptors (Lipinski definition) is 6. The lowest BCUT2D eigenvalue weighted by Gasteiger charge is -2.24. The number of halogens is 2. The Morgan fingerprint density at radius 2 is 1.67 bits per heavy atom. The van der Waals surface area contributed by atoms with Crippen molar-refractivity contribution < 1.29 is 26.4 Å². The average Bonchev–Trinajstić information content (AvgIpc) is 3.45. The average molecular weight is 613 g/mol. The third-order valence-electron chi connectivity index (χ3n) is 6.26. The van der Waals surface area contributed by atoms with E-state index in [0.717, 1.165) is 23.4 Å². The first kappa shape index (κ1) is 29.2. The van der Waals surface area contributed by atoms with E-state index in [1.54, 1.807) is 42.5 Å². The topological polar surface area (TPSA) is 113 Å². The second-order valence-corrected chi connectivity index (χ2v) is 13.6. The van der Waals surface area contributed by atoms with Crippen LogP contribution in [0.2, 0.25) is 10.0 Å². The molecule has 4 rings (SSSR count). The maximum absolute atomic E-state index is 13.0. The van der Waals surface area contributed by atoms with Gasteiger partial charge in [0.2, 0.25) is 20.0 Å². The van der Waals surface area contributed by atoms with Gasteiger partial charge in [-0.05, 0) is 60.9 Å². The van der Waals surface area contributed by atoms with Gasteiger partial charge < -0.3 is 10.1 Å². The lowest BCUT2D eigenvalue weighted by atomic mass is 10.1. The standard InChI is InChI=1S/C26H27Cl2N3O6S2/c1-37-24-13-12-20(39(35,36)30-14-3-4-15-30)16-22(24)29-26(32)19-10-8-18(9-11-19)17-31(38(2,33)34)23-7-5-6-21(27)25(23)28/h5-13,16H,3-4,14-15,17H2,1-2H3,(H,29,32). The molecule has 1 amide bonds. The van der Waals surface area contributed by atoms with E-state index < -0.39 is 26.0 Å². The highest BCUT2D eigenvalue weighted by Crippen LogP contribution is 2.35. The molecule has 0 aliphatic carbocycles. The maximum Gasteiger partial charge on any atom is 0.255 e. The van der Waals surface area contributed by atoms with E-state index in [-0.39, 0.29) is 38.4 Å². The Bertz CT molecular complexity index is 1590. The summed E-state index contributed by atoms with van der Waals surface area (Å²) in [4.78, 5) is 13.1. The predicted octanol–water partition coefficient (Wildman–Crippen LogP) is 5.01. The third kappa shape index (κ3) is 6.50. The van der Waals surface area contributed by atoms with Gasteiger partial charge in [-0.15, -0.1) is 0 Å². The second kappa shape index (κ2) is 11.7. The first-order valence-electron chi connectivity index (χ1n) is 11.9. The van der Waals surface area contributed by atoms with Crippen molar-refractivity contribution in [3.05, 3.63) is 81.8 Å². The molecule has 13 heteroatoms. The number of ether oxygens (including phenoxy) is 1. The fraction of sp³-hybridized carbons (Fsp3) is 0.269. The van der Waals surface area contributed by atoms with E-state index in [2.05, 4.69) is 5.32 Å². The molecule has 0 aromatic heterocycles. The summed E-state index contributed by atoms with van der Waals surface area (Å²) in [7, 11) is -5.97. The Morgan fingerprint density at radius 3 is 2.28 bits per heavy atom. The second-order valence-electron chi connectivity index (χ2n) is 8.97. The number of benzene rings is 3. The van der Waals surface area contributed by atoms with Gasteiger partial charge in [-0.2, -0.15) is 4.31 Å². The van der Waals surface area contributed by atoms with Crippen LogP contribution in [0.1, 0.15) is 28.8 Å². The molecular formula is C26H27Cl2N3O6S2. The predicted molar refractivity (Wildman–Crippen MR) is 153 cm³/mol. The van der Waals surface area contributed by atoms with Crippen LogP contribution in [-0.4, -0.2) is 53.5 Å². The number of amides is 1. The minimum absolute atomic E-state index is 0.0367. The SMILES string of the molecule is COc1ccc(S(=O)(=O)N2CCCC2)cc1NC(=O)c1ccc(CN(c2cccc(Cl)c2Cl)S(C)(=O)=O)cc1. The maximum atomic E-state index is 13.0. The number of hydrogen-bond donors (Lipinski definition) is 1. The summed E-state index contributed by atoms with van der Waals surface area (Å²) in [6, 6.07) is 15.4. The molecule has 3 aromatic rings. The highest BCUT2D eigenvalue weighted by atomic mass is 35.5. The van der Waals surface area contributed by atoms with E-state index in [0.29, 0.717) is 24.4 Å². The van der Waals surface area contributed by atoms with Crippen molar-refractivity contribution in [1.29, 1.82) is 0 Å². The monoisotopic (exact) mass is 611 g/mol. The van der Waals surface area contributed by atoms with Crippen LogP contribution in [0.4, 0.5) is 11.4 Å². The molecule has 0 atom stereocenters. The smallest absolute Gasteiger partial charge is 0.255 e. The zero-order valence-corrected chi connectivity index (χ0v) is 24.4. The van der Waals surface area contributed by atoms with Gasteiger partial charge in [0.05, 0.1) is 46.2 Å². The van der Waals surface area contributed by atoms with Crippen LogP contribution < -0.4 is 14.4 Å². The number of sulfonamides is 2. The normalized spacial score (nSPS) is 14.3. The third-order valence-corrected chi connectivity index (χ3v) is 10.1. The molecule has 3 aromatic carbocycles. The van der Waals surface area contributed by atoms with Crippen LogP contribution in [-0.2, 0) is 26.6 Å². The summed E-state index contributed by atoms with van der Waals surface area (Å²) < 4.78 is 58.9. The Kier molecular flexibility index (Phi) is 8.77. The number of methoxy groups -OCH3 is 1. The first-order chi connectivity index (χ1) is 18.4. The Hall–Kier alpha value is -2.83. The van der Waals surface area contributed by atoms with Crippen molar-refractivity contribution in [3.63, 3.8) is 0 Å². The molecule has 1 saturated heterocycles. The van der Waals surface area contributed by atoms with Crippen molar-refractivity contribution in [2.24, 2.45) is 0 Å². The van der Waals surface area contributed by atoms with E-state index in [4.69, 9.17) is 27.9 Å². The Labute approximate surface area is 238 Å². The fourth-order valence-corrected chi connectivity index (χ4v) is 7.10. The van der Waals surface area contributed by atoms with Gasteiger partial charge in [0.1, 0.15) is 5.75 Å². The lowest BCUT2D eigenvalue weighted by Crippen LogP contribution is -2.29. The summed E-state index contributed by atoms with van der Waals surface area (Å²) >= 11 is 12.3. The van der Waals surface area contributed by atoms with Gasteiger partial charge >= 0.3 is 0 Å². The molecular weight excluding hydrogens is 585 g/mol. The van der Waals surface area contributed by atoms with E-state index in [1.165, 1.54) is 29.6 Å². The summed E-state index contributed by atoms with van der Waals surface area (Å²) in [5.41, 5.74) is 1.33. The van der Waals surface area contributed by atoms with E-state index in [1.807, 2.05) is 0 Å². The summed E-state index contributed by atoms with van der Waals surface area (Å²) in [6.07, 6.45) is 2.68. The van der Waals surface area contributed by atoms with Gasteiger partial charge in [-0.3, -0.25) is 9.10 Å². The van der Waals surface area contributed by atoms with Crippen LogP contribution in [0.5, 0.6) is 5.75 Å². The van der Waals surface area contributed by atoms with Gasteiger partial charge in [-0.25, -0.2) is 16.8 Å². The Balaban J connectivity index is 1.55. The minimum atomic E-state index is -3.71. The van der Waals surface area contributed by atoms with Crippen molar-refractivity contribution in [1.82, 2.24) is 4.31 Å². The number of carbonyl (C=O) groups is 1. The number of nitrogens with one attached hydrogen (secondary N) is 1. The summed E-state index contributed by atoms with van der Waals surface area (Å²) in [5, 5.41) is 3.06. The summed E-state index contributed by atoms with van der Waals surface area (Å²) in [6.45, 7) is 0.885. The molecule has 0 bridgehead atoms. The van der Waals surface area contributed by atoms with Crippen LogP contribution in [0.25, 0.3) is 0 Å². The quantitative estimate of drug-likeness (QED) is 0.364. The van der Waals surface area contributed by atoms with Crippen molar-refractivity contribution in [3.8, 4) is 5.75 Å². The molecule has 1 fully saturated rings. The molecule has 39 heavy (non-hydrogen) atoms. The highest BCUT2D eigenvalue weighted by molar-refractivity contribution is 7.92. The number of carbonyl (C=O) groups excluding carboxylic acids is 1. The van der Waals surface area contributed by atoms with Crippen LogP contribution in [0, 0.1) is 0 Å². The molecule has 9 nitrogen and oxygen atoms in total. The van der Waals surface area contributed by atoms with Crippen molar-refractivity contribution in [2.45, 2.75) is 24.3 Å². The molecule has 1 aliphatic heterocycles. The van der Waals surface area contributed by atoms with E-state index in [9.17, 15) is 21.6 Å². The first-order valence-corrected chi connectivity index (χ1v) is 16.0. The number of anilines is 2. The van der Waals surface area contributed by atoms with Gasteiger partial charge in [0.25, 0.3) is 5.91 Å². The van der Waals surface area contributed by atoms with Crippen molar-refractivity contribution >= 4 is 60.5 Å². The van der Waals surface area contributed by atoms with Gasteiger partial charge in [0, 0.05) is 18.7 Å². The summed E-state index contributed by atoms with van der Waals surface area (Å²) in [5.74, 6) is -0.184. The molecule has 1 N–H and O–H groups in total. The molecule has 208 valence electrons. The molecule has 0 radical (unpaired) electrons. The van der Waals surface area contributed by atoms with E-state index >= 15 is 0 Å². The zero-order valence-electron chi connectivity index (χ0n) is 21.2. The van der Waals surface area contributed by atoms with Crippen LogP contribution in [0.3, 0.4) is 0 Å². The fourth-order valence-electron chi connectivity index (χ4n) is 4.21. The number of nitrogens with zero attached hydrogens (tertiary/aromatic N) is 2. The molecule has 1 aliphatic rings. The van der Waals surface area contributed by atoms with Crippen molar-refractivity contribution in [2.75, 3.05) is 36.1 Å². The largest absolute Gasteiger partial charge is 0.495 e. The minimum Gasteiger partial charge on any atom is -0.495 e. The van der Waals surface area contributed by atoms with Crippen LogP contribution >= 0.6 is 23.2 Å². The highest BCUT2D eigenvalue weighted by Gasteiger charge is 2.28. The van der Waals surface area contributed by atoms with Gasteiger partial charge in [0.15, 0.2) is 0 Å². The van der Waals surface area contributed by atoms with Crippen LogP contribution in [0.15, 0.2) is 65.6 Å². The zero-order chi connectivity index (χ0) is 28.4.